The molecule has 0 amide bonds. The zero-order chi connectivity index (χ0) is 11.8. The highest BCUT2D eigenvalue weighted by molar-refractivity contribution is 9.10. The lowest BCUT2D eigenvalue weighted by Crippen LogP contribution is -2.03. The fourth-order valence-electron chi connectivity index (χ4n) is 0.834. The number of aromatic nitrogens is 1. The van der Waals surface area contributed by atoms with E-state index in [1.165, 1.54) is 0 Å². The second-order valence-corrected chi connectivity index (χ2v) is 5.81. The third kappa shape index (κ3) is 2.76. The average Bonchev–Trinajstić information content (AvgIpc) is 2.06. The Hall–Kier alpha value is -0.470. The number of hydrogen-bond acceptors (Lipinski definition) is 4. The second kappa shape index (κ2) is 4.18. The number of halogens is 4. The lowest BCUT2D eigenvalue weighted by atomic mass is 10.3. The minimum Gasteiger partial charge on any atom is -0.383 e. The predicted molar refractivity (Wildman–Crippen MR) is 54.3 cm³/mol. The van der Waals surface area contributed by atoms with Crippen LogP contribution >= 0.6 is 26.6 Å². The molecule has 2 N–H and O–H groups in total. The van der Waals surface area contributed by atoms with E-state index < -0.39 is 26.1 Å². The van der Waals surface area contributed by atoms with Gasteiger partial charge >= 0.3 is 0 Å². The number of alkyl halides is 2. The number of nitrogen functional groups attached to an aromatic ring is 1. The van der Waals surface area contributed by atoms with Gasteiger partial charge < -0.3 is 5.73 Å². The third-order valence-electron chi connectivity index (χ3n) is 1.46. The number of nitrogens with zero attached hydrogens (tertiary/aromatic N) is 1. The van der Waals surface area contributed by atoms with Crippen molar-refractivity contribution in [2.75, 3.05) is 5.73 Å². The van der Waals surface area contributed by atoms with Crippen molar-refractivity contribution < 1.29 is 17.2 Å². The van der Waals surface area contributed by atoms with Gasteiger partial charge in [-0.15, -0.1) is 0 Å². The van der Waals surface area contributed by atoms with E-state index in [2.05, 4.69) is 20.9 Å². The van der Waals surface area contributed by atoms with E-state index in [0.717, 1.165) is 0 Å². The Labute approximate surface area is 97.0 Å². The maximum atomic E-state index is 12.3. The molecular weight excluding hydrogens is 317 g/mol. The Morgan fingerprint density at radius 1 is 1.53 bits per heavy atom. The minimum absolute atomic E-state index is 0.123. The summed E-state index contributed by atoms with van der Waals surface area (Å²) >= 11 is 2.80. The van der Waals surface area contributed by atoms with Gasteiger partial charge in [0, 0.05) is 10.7 Å². The number of nitrogens with two attached hydrogens (primary N) is 1. The first-order valence-corrected chi connectivity index (χ1v) is 6.52. The minimum atomic E-state index is -4.14. The summed E-state index contributed by atoms with van der Waals surface area (Å²) < 4.78 is 46.4. The second-order valence-electron chi connectivity index (χ2n) is 2.48. The van der Waals surface area contributed by atoms with Gasteiger partial charge in [-0.2, -0.15) is 0 Å². The molecule has 0 saturated heterocycles. The van der Waals surface area contributed by atoms with E-state index in [0.29, 0.717) is 6.07 Å². The largest absolute Gasteiger partial charge is 0.383 e. The van der Waals surface area contributed by atoms with Crippen LogP contribution in [0.3, 0.4) is 0 Å². The summed E-state index contributed by atoms with van der Waals surface area (Å²) in [6.07, 6.45) is -2.92. The van der Waals surface area contributed by atoms with Gasteiger partial charge in [0.05, 0.1) is 4.47 Å². The van der Waals surface area contributed by atoms with Crippen molar-refractivity contribution in [2.24, 2.45) is 0 Å². The fraction of sp³-hybridized carbons (Fsp3) is 0.167. The average molecular weight is 322 g/mol. The van der Waals surface area contributed by atoms with Crippen LogP contribution < -0.4 is 5.73 Å². The Kier molecular flexibility index (Phi) is 3.51. The molecule has 0 spiro atoms. The normalized spacial score (nSPS) is 12.1. The van der Waals surface area contributed by atoms with Gasteiger partial charge in [-0.3, -0.25) is 0 Å². The Morgan fingerprint density at radius 3 is 2.47 bits per heavy atom. The van der Waals surface area contributed by atoms with Crippen molar-refractivity contribution in [2.45, 2.75) is 11.3 Å². The van der Waals surface area contributed by atoms with E-state index in [1.807, 2.05) is 0 Å². The van der Waals surface area contributed by atoms with Gasteiger partial charge in [0.2, 0.25) is 0 Å². The van der Waals surface area contributed by atoms with Gasteiger partial charge in [-0.05, 0) is 22.0 Å². The van der Waals surface area contributed by atoms with Gasteiger partial charge in [-0.25, -0.2) is 22.2 Å². The molecule has 9 heteroatoms. The molecule has 0 aliphatic carbocycles. The molecule has 0 atom stereocenters. The van der Waals surface area contributed by atoms with Crippen LogP contribution in [-0.4, -0.2) is 13.4 Å². The highest BCUT2D eigenvalue weighted by atomic mass is 79.9. The summed E-state index contributed by atoms with van der Waals surface area (Å²) in [5.74, 6) is -0.355. The maximum Gasteiger partial charge on any atom is 0.280 e. The Morgan fingerprint density at radius 2 is 2.07 bits per heavy atom. The van der Waals surface area contributed by atoms with Crippen LogP contribution in [0.2, 0.25) is 0 Å². The smallest absolute Gasteiger partial charge is 0.280 e. The molecule has 1 heterocycles. The lowest BCUT2D eigenvalue weighted by molar-refractivity contribution is 0.146. The first-order chi connectivity index (χ1) is 6.73. The van der Waals surface area contributed by atoms with E-state index in [-0.39, 0.29) is 10.3 Å². The molecule has 15 heavy (non-hydrogen) atoms. The molecule has 0 fully saturated rings. The molecule has 0 aromatic carbocycles. The summed E-state index contributed by atoms with van der Waals surface area (Å²) in [5.41, 5.74) is 4.50. The lowest BCUT2D eigenvalue weighted by Gasteiger charge is -2.06. The molecule has 0 radical (unpaired) electrons. The van der Waals surface area contributed by atoms with Crippen molar-refractivity contribution in [3.63, 3.8) is 0 Å². The first-order valence-electron chi connectivity index (χ1n) is 3.42. The van der Waals surface area contributed by atoms with Gasteiger partial charge in [0.15, 0.2) is 0 Å². The highest BCUT2D eigenvalue weighted by Gasteiger charge is 2.21. The van der Waals surface area contributed by atoms with Crippen LogP contribution in [0.1, 0.15) is 12.1 Å². The standard InChI is InChI=1S/C6H4BrClF2N2O2S/c7-4-3(15(8,13)14)1-2(5(9)10)12-6(4)11/h1,5H,(H2,11,12). The van der Waals surface area contributed by atoms with E-state index in [1.54, 1.807) is 0 Å². The molecule has 0 bridgehead atoms. The maximum absolute atomic E-state index is 12.3. The highest BCUT2D eigenvalue weighted by Crippen LogP contribution is 2.32. The molecule has 0 aliphatic heterocycles. The van der Waals surface area contributed by atoms with Crippen LogP contribution in [0.5, 0.6) is 0 Å². The predicted octanol–water partition coefficient (Wildman–Crippen LogP) is 2.29. The monoisotopic (exact) mass is 320 g/mol. The summed E-state index contributed by atoms with van der Waals surface area (Å²) in [6.45, 7) is 0. The van der Waals surface area contributed by atoms with Crippen molar-refractivity contribution in [3.8, 4) is 0 Å². The number of rotatable bonds is 2. The summed E-state index contributed by atoms with van der Waals surface area (Å²) in [5, 5.41) is 0. The van der Waals surface area contributed by atoms with Crippen LogP contribution in [0.4, 0.5) is 14.6 Å². The Bertz CT molecular complexity index is 494. The molecule has 0 saturated carbocycles. The summed E-state index contributed by atoms with van der Waals surface area (Å²) in [6, 6.07) is 0.674. The van der Waals surface area contributed by atoms with Gasteiger partial charge in [0.1, 0.15) is 16.4 Å². The first kappa shape index (κ1) is 12.6. The quantitative estimate of drug-likeness (QED) is 0.848. The molecule has 84 valence electrons. The summed E-state index contributed by atoms with van der Waals surface area (Å²) in [7, 11) is 0.886. The summed E-state index contributed by atoms with van der Waals surface area (Å²) in [4.78, 5) is 2.78. The van der Waals surface area contributed by atoms with Crippen molar-refractivity contribution in [1.82, 2.24) is 4.98 Å². The van der Waals surface area contributed by atoms with E-state index >= 15 is 0 Å². The van der Waals surface area contributed by atoms with Crippen LogP contribution in [0.25, 0.3) is 0 Å². The number of hydrogen-bond donors (Lipinski definition) is 1. The Balaban J connectivity index is 3.52. The van der Waals surface area contributed by atoms with Crippen LogP contribution in [0.15, 0.2) is 15.4 Å². The molecule has 1 aromatic rings. The van der Waals surface area contributed by atoms with Crippen molar-refractivity contribution in [1.29, 1.82) is 0 Å². The topological polar surface area (TPSA) is 73.0 Å². The number of pyridine rings is 1. The van der Waals surface area contributed by atoms with Crippen molar-refractivity contribution in [3.05, 3.63) is 16.2 Å². The van der Waals surface area contributed by atoms with Crippen LogP contribution in [0, 0.1) is 0 Å². The molecular formula is C6H4BrClF2N2O2S. The van der Waals surface area contributed by atoms with E-state index in [4.69, 9.17) is 16.4 Å². The third-order valence-corrected chi connectivity index (χ3v) is 3.90. The van der Waals surface area contributed by atoms with Crippen molar-refractivity contribution >= 4 is 41.5 Å². The molecule has 4 nitrogen and oxygen atoms in total. The SMILES string of the molecule is Nc1nc(C(F)F)cc(S(=O)(=O)Cl)c1Br. The van der Waals surface area contributed by atoms with Gasteiger partial charge in [-0.1, -0.05) is 0 Å². The molecule has 0 unspecified atom stereocenters. The molecule has 1 aromatic heterocycles. The van der Waals surface area contributed by atoms with E-state index in [9.17, 15) is 17.2 Å². The molecule has 1 rings (SSSR count). The number of anilines is 1. The fourth-order valence-corrected chi connectivity index (χ4v) is 2.90. The zero-order valence-electron chi connectivity index (χ0n) is 6.92. The zero-order valence-corrected chi connectivity index (χ0v) is 10.1. The van der Waals surface area contributed by atoms with Crippen LogP contribution in [-0.2, 0) is 9.05 Å². The molecule has 0 aliphatic rings. The van der Waals surface area contributed by atoms with Gasteiger partial charge in [0.25, 0.3) is 15.5 Å².